The Bertz CT molecular complexity index is 973. The number of aromatic nitrogens is 2. The van der Waals surface area contributed by atoms with Crippen LogP contribution in [0.1, 0.15) is 27.3 Å². The lowest BCUT2D eigenvalue weighted by Gasteiger charge is -2.14. The number of amides is 1. The molecule has 0 radical (unpaired) electrons. The summed E-state index contributed by atoms with van der Waals surface area (Å²) in [5.41, 5.74) is 1.81. The van der Waals surface area contributed by atoms with Crippen molar-refractivity contribution in [1.29, 1.82) is 0 Å². The van der Waals surface area contributed by atoms with E-state index in [1.807, 2.05) is 54.6 Å². The van der Waals surface area contributed by atoms with Gasteiger partial charge in [0, 0.05) is 19.3 Å². The number of nitrogens with one attached hydrogen (secondary N) is 1. The molecule has 0 atom stereocenters. The number of para-hydroxylation sites is 1. The van der Waals surface area contributed by atoms with Gasteiger partial charge in [-0.25, -0.2) is 4.98 Å². The van der Waals surface area contributed by atoms with E-state index >= 15 is 0 Å². The van der Waals surface area contributed by atoms with E-state index in [0.29, 0.717) is 24.7 Å². The molecule has 1 aliphatic rings. The molecular weight excluding hydrogens is 330 g/mol. The van der Waals surface area contributed by atoms with Crippen LogP contribution in [0.3, 0.4) is 0 Å². The summed E-state index contributed by atoms with van der Waals surface area (Å²) in [6.45, 7) is 1.14. The maximum absolute atomic E-state index is 12.7. The van der Waals surface area contributed by atoms with Crippen molar-refractivity contribution in [2.75, 3.05) is 0 Å². The lowest BCUT2D eigenvalue weighted by Crippen LogP contribution is -2.31. The highest BCUT2D eigenvalue weighted by atomic mass is 16.5. The molecule has 0 aliphatic carbocycles. The highest BCUT2D eigenvalue weighted by molar-refractivity contribution is 5.93. The minimum atomic E-state index is -0.451. The van der Waals surface area contributed by atoms with Crippen LogP contribution in [0.5, 0.6) is 5.75 Å². The fourth-order valence-electron chi connectivity index (χ4n) is 2.97. The number of aromatic amines is 1. The normalized spacial score (nSPS) is 12.7. The van der Waals surface area contributed by atoms with Crippen LogP contribution >= 0.6 is 0 Å². The van der Waals surface area contributed by atoms with Gasteiger partial charge in [-0.3, -0.25) is 9.59 Å². The molecule has 130 valence electrons. The van der Waals surface area contributed by atoms with Crippen LogP contribution < -0.4 is 10.3 Å². The maximum Gasteiger partial charge on any atom is 0.263 e. The molecular formula is C20H17N3O3. The number of hydrogen-bond acceptors (Lipinski definition) is 4. The number of carbonyl (C=O) groups excluding carboxylic acids is 1. The third-order valence-electron chi connectivity index (χ3n) is 4.33. The fraction of sp³-hybridized carbons (Fsp3) is 0.150. The highest BCUT2D eigenvalue weighted by Gasteiger charge is 2.25. The minimum absolute atomic E-state index is 0.0428. The molecule has 1 N–H and O–H groups in total. The number of H-pyrrole nitrogens is 1. The monoisotopic (exact) mass is 347 g/mol. The summed E-state index contributed by atoms with van der Waals surface area (Å²) in [4.78, 5) is 33.4. The summed E-state index contributed by atoms with van der Waals surface area (Å²) < 4.78 is 5.56. The summed E-state index contributed by atoms with van der Waals surface area (Å²) in [7, 11) is 0. The van der Waals surface area contributed by atoms with Crippen LogP contribution in [0, 0.1) is 0 Å². The second kappa shape index (κ2) is 6.84. The van der Waals surface area contributed by atoms with E-state index in [1.54, 1.807) is 4.90 Å². The average Bonchev–Trinajstić information content (AvgIpc) is 3.11. The summed E-state index contributed by atoms with van der Waals surface area (Å²) in [5.74, 6) is 0.746. The predicted molar refractivity (Wildman–Crippen MR) is 95.7 cm³/mol. The van der Waals surface area contributed by atoms with Crippen molar-refractivity contribution in [3.05, 3.63) is 93.7 Å². The largest absolute Gasteiger partial charge is 0.486 e. The highest BCUT2D eigenvalue weighted by Crippen LogP contribution is 2.23. The Morgan fingerprint density at radius 3 is 2.35 bits per heavy atom. The van der Waals surface area contributed by atoms with Crippen molar-refractivity contribution in [2.24, 2.45) is 0 Å². The zero-order valence-corrected chi connectivity index (χ0v) is 14.0. The number of ether oxygens (including phenoxy) is 1. The number of benzene rings is 2. The van der Waals surface area contributed by atoms with Gasteiger partial charge >= 0.3 is 0 Å². The van der Waals surface area contributed by atoms with E-state index in [4.69, 9.17) is 4.74 Å². The van der Waals surface area contributed by atoms with Gasteiger partial charge in [0.25, 0.3) is 11.5 Å². The smallest absolute Gasteiger partial charge is 0.263 e. The van der Waals surface area contributed by atoms with Crippen LogP contribution in [-0.4, -0.2) is 20.8 Å². The molecule has 3 aromatic rings. The molecule has 1 aromatic heterocycles. The Labute approximate surface area is 150 Å². The second-order valence-electron chi connectivity index (χ2n) is 6.10. The van der Waals surface area contributed by atoms with Crippen LogP contribution in [0.25, 0.3) is 0 Å². The Morgan fingerprint density at radius 2 is 1.69 bits per heavy atom. The molecule has 26 heavy (non-hydrogen) atoms. The molecule has 6 nitrogen and oxygen atoms in total. The number of hydrogen-bond donors (Lipinski definition) is 1. The lowest BCUT2D eigenvalue weighted by molar-refractivity contribution is 0.0749. The zero-order chi connectivity index (χ0) is 17.9. The molecule has 0 saturated heterocycles. The molecule has 1 aliphatic heterocycles. The third kappa shape index (κ3) is 3.21. The van der Waals surface area contributed by atoms with Gasteiger partial charge in [-0.15, -0.1) is 0 Å². The van der Waals surface area contributed by atoms with Crippen molar-refractivity contribution >= 4 is 5.91 Å². The fourth-order valence-corrected chi connectivity index (χ4v) is 2.97. The van der Waals surface area contributed by atoms with Crippen LogP contribution in [0.15, 0.2) is 65.6 Å². The average molecular weight is 347 g/mol. The number of rotatable bonds is 4. The van der Waals surface area contributed by atoms with Crippen LogP contribution in [-0.2, 0) is 19.7 Å². The Kier molecular flexibility index (Phi) is 4.23. The number of fused-ring (bicyclic) bond motifs is 1. The first-order valence-electron chi connectivity index (χ1n) is 8.33. The zero-order valence-electron chi connectivity index (χ0n) is 14.0. The lowest BCUT2D eigenvalue weighted by atomic mass is 10.1. The molecule has 6 heteroatoms. The van der Waals surface area contributed by atoms with Crippen LogP contribution in [0.2, 0.25) is 0 Å². The molecule has 0 unspecified atom stereocenters. The Morgan fingerprint density at radius 1 is 1.04 bits per heavy atom. The van der Waals surface area contributed by atoms with Crippen molar-refractivity contribution < 1.29 is 9.53 Å². The first-order valence-corrected chi connectivity index (χ1v) is 8.33. The number of nitrogens with zero attached hydrogens (tertiary/aromatic N) is 2. The Hall–Kier alpha value is -3.41. The van der Waals surface area contributed by atoms with Crippen molar-refractivity contribution in [1.82, 2.24) is 14.9 Å². The van der Waals surface area contributed by atoms with Gasteiger partial charge in [-0.2, -0.15) is 0 Å². The molecule has 1 amide bonds. The van der Waals surface area contributed by atoms with Crippen molar-refractivity contribution in [3.63, 3.8) is 0 Å². The summed E-state index contributed by atoms with van der Waals surface area (Å²) in [6.07, 6.45) is 1.33. The van der Waals surface area contributed by atoms with Crippen LogP contribution in [0.4, 0.5) is 0 Å². The standard InChI is InChI=1S/C20H17N3O3/c24-19-17(20(25)23-11-14-6-4-5-7-15(14)12-23)10-21-18(22-19)13-26-16-8-2-1-3-9-16/h1-10H,11-13H2,(H,21,22,24). The molecule has 0 bridgehead atoms. The summed E-state index contributed by atoms with van der Waals surface area (Å²) >= 11 is 0. The van der Waals surface area contributed by atoms with Gasteiger partial charge in [0.05, 0.1) is 0 Å². The van der Waals surface area contributed by atoms with Gasteiger partial charge < -0.3 is 14.6 Å². The van der Waals surface area contributed by atoms with Gasteiger partial charge in [-0.05, 0) is 23.3 Å². The molecule has 2 aromatic carbocycles. The maximum atomic E-state index is 12.7. The first kappa shape index (κ1) is 16.1. The predicted octanol–water partition coefficient (Wildman–Crippen LogP) is 2.50. The summed E-state index contributed by atoms with van der Waals surface area (Å²) in [5, 5.41) is 0. The summed E-state index contributed by atoms with van der Waals surface area (Å²) in [6, 6.07) is 17.1. The third-order valence-corrected chi connectivity index (χ3v) is 4.33. The molecule has 2 heterocycles. The molecule has 4 rings (SSSR count). The van der Waals surface area contributed by atoms with Gasteiger partial charge in [0.1, 0.15) is 23.7 Å². The van der Waals surface area contributed by atoms with Gasteiger partial charge in [0.15, 0.2) is 0 Å². The van der Waals surface area contributed by atoms with Crippen molar-refractivity contribution in [3.8, 4) is 5.75 Å². The number of carbonyl (C=O) groups is 1. The quantitative estimate of drug-likeness (QED) is 0.787. The van der Waals surface area contributed by atoms with Crippen molar-refractivity contribution in [2.45, 2.75) is 19.7 Å². The van der Waals surface area contributed by atoms with Gasteiger partial charge in [0.2, 0.25) is 0 Å². The minimum Gasteiger partial charge on any atom is -0.486 e. The van der Waals surface area contributed by atoms with E-state index < -0.39 is 5.56 Å². The molecule has 0 saturated carbocycles. The molecule has 0 fully saturated rings. The second-order valence-corrected chi connectivity index (χ2v) is 6.10. The van der Waals surface area contributed by atoms with E-state index in [2.05, 4.69) is 9.97 Å². The van der Waals surface area contributed by atoms with Gasteiger partial charge in [-0.1, -0.05) is 42.5 Å². The Balaban J connectivity index is 1.46. The van der Waals surface area contributed by atoms with E-state index in [1.165, 1.54) is 6.20 Å². The SMILES string of the molecule is O=C(c1cnc(COc2ccccc2)[nH]c1=O)N1Cc2ccccc2C1. The van der Waals surface area contributed by atoms with E-state index in [9.17, 15) is 9.59 Å². The topological polar surface area (TPSA) is 75.3 Å². The first-order chi connectivity index (χ1) is 12.7. The molecule has 0 spiro atoms. The van der Waals surface area contributed by atoms with E-state index in [0.717, 1.165) is 11.1 Å². The van der Waals surface area contributed by atoms with E-state index in [-0.39, 0.29) is 18.1 Å².